The lowest BCUT2D eigenvalue weighted by atomic mass is 10.1. The van der Waals surface area contributed by atoms with Crippen LogP contribution in [0.2, 0.25) is 0 Å². The lowest BCUT2D eigenvalue weighted by molar-refractivity contribution is 0.198. The average Bonchev–Trinajstić information content (AvgIpc) is 2.83. The van der Waals surface area contributed by atoms with Crippen LogP contribution in [0.15, 0.2) is 24.3 Å². The summed E-state index contributed by atoms with van der Waals surface area (Å²) in [6.45, 7) is 1.63. The Kier molecular flexibility index (Phi) is 1.91. The number of fused-ring (bicyclic) bond motifs is 1. The molecule has 2 aliphatic rings. The molecule has 3 nitrogen and oxygen atoms in total. The SMILES string of the molecule is O=C1NCCN1[C@H]1CCc2ccccc21. The van der Waals surface area contributed by atoms with E-state index in [1.165, 1.54) is 11.1 Å². The number of aryl methyl sites for hydroxylation is 1. The molecule has 0 radical (unpaired) electrons. The minimum absolute atomic E-state index is 0.0942. The van der Waals surface area contributed by atoms with E-state index in [0.717, 1.165) is 25.9 Å². The van der Waals surface area contributed by atoms with Gasteiger partial charge in [-0.05, 0) is 24.0 Å². The van der Waals surface area contributed by atoms with Crippen LogP contribution < -0.4 is 5.32 Å². The maximum Gasteiger partial charge on any atom is 0.318 e. The van der Waals surface area contributed by atoms with Gasteiger partial charge in [0, 0.05) is 13.1 Å². The third kappa shape index (κ3) is 1.30. The first kappa shape index (κ1) is 8.77. The van der Waals surface area contributed by atoms with E-state index < -0.39 is 0 Å². The molecule has 1 saturated heterocycles. The molecule has 0 bridgehead atoms. The largest absolute Gasteiger partial charge is 0.336 e. The summed E-state index contributed by atoms with van der Waals surface area (Å²) in [4.78, 5) is 13.6. The van der Waals surface area contributed by atoms with E-state index in [0.29, 0.717) is 6.04 Å². The summed E-state index contributed by atoms with van der Waals surface area (Å²) in [5, 5.41) is 2.86. The Morgan fingerprint density at radius 1 is 1.33 bits per heavy atom. The second kappa shape index (κ2) is 3.26. The number of nitrogens with zero attached hydrogens (tertiary/aromatic N) is 1. The highest BCUT2D eigenvalue weighted by Gasteiger charge is 2.32. The summed E-state index contributed by atoms with van der Waals surface area (Å²) in [6.07, 6.45) is 2.18. The summed E-state index contributed by atoms with van der Waals surface area (Å²) in [7, 11) is 0. The van der Waals surface area contributed by atoms with Crippen molar-refractivity contribution in [3.05, 3.63) is 35.4 Å². The molecule has 1 aromatic carbocycles. The standard InChI is InChI=1S/C12H14N2O/c15-12-13-7-8-14(12)11-6-5-9-3-1-2-4-10(9)11/h1-4,11H,5-8H2,(H,13,15)/t11-/m0/s1. The van der Waals surface area contributed by atoms with Gasteiger partial charge in [0.25, 0.3) is 0 Å². The van der Waals surface area contributed by atoms with Crippen LogP contribution in [0.5, 0.6) is 0 Å². The average molecular weight is 202 g/mol. The molecule has 3 heteroatoms. The van der Waals surface area contributed by atoms with Crippen LogP contribution in [0.4, 0.5) is 4.79 Å². The predicted octanol–water partition coefficient (Wildman–Crippen LogP) is 1.70. The smallest absolute Gasteiger partial charge is 0.318 e. The number of hydrogen-bond donors (Lipinski definition) is 1. The van der Waals surface area contributed by atoms with Crippen LogP contribution in [0, 0.1) is 0 Å². The highest BCUT2D eigenvalue weighted by molar-refractivity contribution is 5.77. The zero-order valence-electron chi connectivity index (χ0n) is 8.57. The van der Waals surface area contributed by atoms with Gasteiger partial charge in [0.15, 0.2) is 0 Å². The van der Waals surface area contributed by atoms with Gasteiger partial charge >= 0.3 is 6.03 Å². The molecule has 0 aromatic heterocycles. The Bertz CT molecular complexity index is 402. The molecule has 1 heterocycles. The van der Waals surface area contributed by atoms with Crippen molar-refractivity contribution in [1.82, 2.24) is 10.2 Å². The maximum absolute atomic E-state index is 11.6. The molecule has 1 atom stereocenters. The first-order valence-electron chi connectivity index (χ1n) is 5.48. The molecular weight excluding hydrogens is 188 g/mol. The fraction of sp³-hybridized carbons (Fsp3) is 0.417. The van der Waals surface area contributed by atoms with Crippen LogP contribution in [0.1, 0.15) is 23.6 Å². The van der Waals surface area contributed by atoms with Gasteiger partial charge in [0.05, 0.1) is 6.04 Å². The van der Waals surface area contributed by atoms with E-state index in [-0.39, 0.29) is 6.03 Å². The Morgan fingerprint density at radius 3 is 3.00 bits per heavy atom. The summed E-state index contributed by atoms with van der Waals surface area (Å²) in [6, 6.07) is 8.86. The first-order valence-corrected chi connectivity index (χ1v) is 5.48. The molecular formula is C12H14N2O. The Morgan fingerprint density at radius 2 is 2.20 bits per heavy atom. The van der Waals surface area contributed by atoms with Gasteiger partial charge in [0.1, 0.15) is 0 Å². The van der Waals surface area contributed by atoms with Crippen LogP contribution in [0.25, 0.3) is 0 Å². The molecule has 78 valence electrons. The van der Waals surface area contributed by atoms with Gasteiger partial charge in [-0.1, -0.05) is 24.3 Å². The lowest BCUT2D eigenvalue weighted by Gasteiger charge is -2.23. The Hall–Kier alpha value is -1.51. The molecule has 1 aliphatic heterocycles. The van der Waals surface area contributed by atoms with E-state index in [9.17, 15) is 4.79 Å². The number of carbonyl (C=O) groups is 1. The van der Waals surface area contributed by atoms with Gasteiger partial charge in [-0.3, -0.25) is 0 Å². The molecule has 0 spiro atoms. The summed E-state index contributed by atoms with van der Waals surface area (Å²) >= 11 is 0. The molecule has 2 amide bonds. The number of urea groups is 1. The van der Waals surface area contributed by atoms with Gasteiger partial charge in [-0.2, -0.15) is 0 Å². The number of hydrogen-bond acceptors (Lipinski definition) is 1. The molecule has 0 unspecified atom stereocenters. The highest BCUT2D eigenvalue weighted by Crippen LogP contribution is 2.35. The second-order valence-corrected chi connectivity index (χ2v) is 4.18. The van der Waals surface area contributed by atoms with Crippen molar-refractivity contribution in [3.63, 3.8) is 0 Å². The van der Waals surface area contributed by atoms with Crippen molar-refractivity contribution in [2.75, 3.05) is 13.1 Å². The molecule has 1 N–H and O–H groups in total. The van der Waals surface area contributed by atoms with Crippen molar-refractivity contribution in [2.45, 2.75) is 18.9 Å². The molecule has 1 fully saturated rings. The minimum Gasteiger partial charge on any atom is -0.336 e. The van der Waals surface area contributed by atoms with E-state index in [1.807, 2.05) is 4.90 Å². The molecule has 15 heavy (non-hydrogen) atoms. The fourth-order valence-electron chi connectivity index (χ4n) is 2.64. The molecule has 1 aromatic rings. The van der Waals surface area contributed by atoms with E-state index in [1.54, 1.807) is 0 Å². The summed E-state index contributed by atoms with van der Waals surface area (Å²) < 4.78 is 0. The second-order valence-electron chi connectivity index (χ2n) is 4.18. The zero-order valence-corrected chi connectivity index (χ0v) is 8.57. The van der Waals surface area contributed by atoms with Gasteiger partial charge in [-0.15, -0.1) is 0 Å². The number of carbonyl (C=O) groups excluding carboxylic acids is 1. The summed E-state index contributed by atoms with van der Waals surface area (Å²) in [5.41, 5.74) is 2.75. The van der Waals surface area contributed by atoms with Gasteiger partial charge < -0.3 is 10.2 Å². The predicted molar refractivity (Wildman–Crippen MR) is 57.6 cm³/mol. The topological polar surface area (TPSA) is 32.3 Å². The molecule has 3 rings (SSSR count). The van der Waals surface area contributed by atoms with Crippen molar-refractivity contribution in [1.29, 1.82) is 0 Å². The quantitative estimate of drug-likeness (QED) is 0.738. The van der Waals surface area contributed by atoms with Crippen LogP contribution in [-0.2, 0) is 6.42 Å². The van der Waals surface area contributed by atoms with Gasteiger partial charge in [0.2, 0.25) is 0 Å². The van der Waals surface area contributed by atoms with E-state index in [4.69, 9.17) is 0 Å². The maximum atomic E-state index is 11.6. The number of benzene rings is 1. The van der Waals surface area contributed by atoms with Crippen molar-refractivity contribution in [2.24, 2.45) is 0 Å². The summed E-state index contributed by atoms with van der Waals surface area (Å²) in [5.74, 6) is 0. The van der Waals surface area contributed by atoms with Crippen molar-refractivity contribution >= 4 is 6.03 Å². The molecule has 0 saturated carbocycles. The third-order valence-corrected chi connectivity index (χ3v) is 3.37. The Labute approximate surface area is 89.1 Å². The molecule has 1 aliphatic carbocycles. The monoisotopic (exact) mass is 202 g/mol. The van der Waals surface area contributed by atoms with Crippen molar-refractivity contribution < 1.29 is 4.79 Å². The van der Waals surface area contributed by atoms with E-state index in [2.05, 4.69) is 29.6 Å². The Balaban J connectivity index is 1.93. The third-order valence-electron chi connectivity index (χ3n) is 3.37. The number of rotatable bonds is 1. The van der Waals surface area contributed by atoms with Crippen LogP contribution in [-0.4, -0.2) is 24.0 Å². The van der Waals surface area contributed by atoms with Crippen LogP contribution in [0.3, 0.4) is 0 Å². The highest BCUT2D eigenvalue weighted by atomic mass is 16.2. The zero-order chi connectivity index (χ0) is 10.3. The normalized spacial score (nSPS) is 24.1. The van der Waals surface area contributed by atoms with Crippen molar-refractivity contribution in [3.8, 4) is 0 Å². The lowest BCUT2D eigenvalue weighted by Crippen LogP contribution is -2.31. The number of amides is 2. The number of nitrogens with one attached hydrogen (secondary N) is 1. The van der Waals surface area contributed by atoms with Crippen LogP contribution >= 0.6 is 0 Å². The first-order chi connectivity index (χ1) is 7.36. The fourth-order valence-corrected chi connectivity index (χ4v) is 2.64. The van der Waals surface area contributed by atoms with Gasteiger partial charge in [-0.25, -0.2) is 4.79 Å². The van der Waals surface area contributed by atoms with E-state index >= 15 is 0 Å². The minimum atomic E-state index is 0.0942.